The van der Waals surface area contributed by atoms with Crippen molar-refractivity contribution in [1.82, 2.24) is 9.97 Å². The van der Waals surface area contributed by atoms with Crippen LogP contribution < -0.4 is 0 Å². The first-order valence-electron chi connectivity index (χ1n) is 5.31. The van der Waals surface area contributed by atoms with Gasteiger partial charge in [0, 0.05) is 6.20 Å². The molecule has 0 aliphatic rings. The lowest BCUT2D eigenvalue weighted by Crippen LogP contribution is -2.04. The molecule has 0 saturated heterocycles. The van der Waals surface area contributed by atoms with Gasteiger partial charge in [-0.05, 0) is 37.1 Å². The molecule has 1 aromatic heterocycles. The van der Waals surface area contributed by atoms with Crippen LogP contribution in [-0.2, 0) is 0 Å². The lowest BCUT2D eigenvalue weighted by Gasteiger charge is -2.11. The lowest BCUT2D eigenvalue weighted by molar-refractivity contribution is 0.214. The zero-order valence-electron chi connectivity index (χ0n) is 9.68. The Morgan fingerprint density at radius 1 is 1.24 bits per heavy atom. The first-order chi connectivity index (χ1) is 8.08. The van der Waals surface area contributed by atoms with E-state index >= 15 is 0 Å². The standard InChI is InChI=1S/C13H13FN2O/c1-8-3-4-10(7-11(8)14)13(17)12-5-6-15-9(2)16-12/h3-7,13,17H,1-2H3. The number of halogens is 1. The molecule has 0 radical (unpaired) electrons. The Balaban J connectivity index is 2.36. The second kappa shape index (κ2) is 4.59. The molecule has 0 amide bonds. The average molecular weight is 232 g/mol. The van der Waals surface area contributed by atoms with Gasteiger partial charge < -0.3 is 5.11 Å². The summed E-state index contributed by atoms with van der Waals surface area (Å²) in [6.07, 6.45) is 0.651. The molecule has 1 atom stereocenters. The van der Waals surface area contributed by atoms with E-state index in [9.17, 15) is 9.50 Å². The first-order valence-corrected chi connectivity index (χ1v) is 5.31. The van der Waals surface area contributed by atoms with Gasteiger partial charge >= 0.3 is 0 Å². The molecule has 0 bridgehead atoms. The van der Waals surface area contributed by atoms with Gasteiger partial charge in [0.05, 0.1) is 5.69 Å². The minimum absolute atomic E-state index is 0.327. The van der Waals surface area contributed by atoms with Crippen molar-refractivity contribution in [1.29, 1.82) is 0 Å². The van der Waals surface area contributed by atoms with Crippen molar-refractivity contribution in [3.8, 4) is 0 Å². The summed E-state index contributed by atoms with van der Waals surface area (Å²) in [6, 6.07) is 6.29. The van der Waals surface area contributed by atoms with Gasteiger partial charge in [0.25, 0.3) is 0 Å². The minimum Gasteiger partial charge on any atom is -0.382 e. The third kappa shape index (κ3) is 2.47. The maximum Gasteiger partial charge on any atom is 0.126 e. The smallest absolute Gasteiger partial charge is 0.126 e. The summed E-state index contributed by atoms with van der Waals surface area (Å²) in [5.74, 6) is 0.251. The molecule has 0 saturated carbocycles. The van der Waals surface area contributed by atoms with E-state index in [-0.39, 0.29) is 5.82 Å². The zero-order chi connectivity index (χ0) is 12.4. The predicted molar refractivity (Wildman–Crippen MR) is 62.0 cm³/mol. The van der Waals surface area contributed by atoms with Crippen LogP contribution in [-0.4, -0.2) is 15.1 Å². The Morgan fingerprint density at radius 3 is 2.65 bits per heavy atom. The molecule has 1 unspecified atom stereocenters. The number of hydrogen-bond acceptors (Lipinski definition) is 3. The molecule has 1 heterocycles. The van der Waals surface area contributed by atoms with Crippen molar-refractivity contribution in [2.24, 2.45) is 0 Å². The summed E-state index contributed by atoms with van der Waals surface area (Å²) >= 11 is 0. The summed E-state index contributed by atoms with van der Waals surface area (Å²) in [6.45, 7) is 3.42. The highest BCUT2D eigenvalue weighted by atomic mass is 19.1. The second-order valence-electron chi connectivity index (χ2n) is 3.94. The van der Waals surface area contributed by atoms with Crippen LogP contribution >= 0.6 is 0 Å². The van der Waals surface area contributed by atoms with Crippen molar-refractivity contribution < 1.29 is 9.50 Å². The van der Waals surface area contributed by atoms with E-state index in [0.717, 1.165) is 0 Å². The molecular weight excluding hydrogens is 219 g/mol. The van der Waals surface area contributed by atoms with E-state index in [1.165, 1.54) is 6.07 Å². The van der Waals surface area contributed by atoms with Gasteiger partial charge in [-0.2, -0.15) is 0 Å². The van der Waals surface area contributed by atoms with Crippen LogP contribution in [0.1, 0.15) is 28.7 Å². The normalized spacial score (nSPS) is 12.5. The van der Waals surface area contributed by atoms with Gasteiger partial charge in [-0.3, -0.25) is 0 Å². The highest BCUT2D eigenvalue weighted by molar-refractivity contribution is 5.29. The fourth-order valence-electron chi connectivity index (χ4n) is 1.58. The molecule has 2 aromatic rings. The average Bonchev–Trinajstić information content (AvgIpc) is 2.32. The SMILES string of the molecule is Cc1nccc(C(O)c2ccc(C)c(F)c2)n1. The maximum atomic E-state index is 13.4. The quantitative estimate of drug-likeness (QED) is 0.864. The van der Waals surface area contributed by atoms with E-state index < -0.39 is 6.10 Å². The largest absolute Gasteiger partial charge is 0.382 e. The summed E-state index contributed by atoms with van der Waals surface area (Å²) in [4.78, 5) is 8.07. The predicted octanol–water partition coefficient (Wildman–Crippen LogP) is 2.31. The number of benzene rings is 1. The topological polar surface area (TPSA) is 46.0 Å². The zero-order valence-corrected chi connectivity index (χ0v) is 9.68. The van der Waals surface area contributed by atoms with Crippen molar-refractivity contribution in [3.63, 3.8) is 0 Å². The van der Waals surface area contributed by atoms with Gasteiger partial charge in [-0.25, -0.2) is 14.4 Å². The molecule has 0 fully saturated rings. The molecule has 1 aromatic carbocycles. The Bertz CT molecular complexity index is 543. The number of aliphatic hydroxyl groups is 1. The fourth-order valence-corrected chi connectivity index (χ4v) is 1.58. The van der Waals surface area contributed by atoms with Gasteiger partial charge in [-0.1, -0.05) is 12.1 Å². The van der Waals surface area contributed by atoms with Gasteiger partial charge in [0.2, 0.25) is 0 Å². The number of aliphatic hydroxyl groups excluding tert-OH is 1. The van der Waals surface area contributed by atoms with Gasteiger partial charge in [0.15, 0.2) is 0 Å². The van der Waals surface area contributed by atoms with Crippen molar-refractivity contribution in [2.75, 3.05) is 0 Å². The van der Waals surface area contributed by atoms with E-state index in [2.05, 4.69) is 9.97 Å². The van der Waals surface area contributed by atoms with Crippen LogP contribution in [0.3, 0.4) is 0 Å². The van der Waals surface area contributed by atoms with Crippen molar-refractivity contribution in [3.05, 3.63) is 58.9 Å². The molecule has 0 aliphatic heterocycles. The number of nitrogens with zero attached hydrogens (tertiary/aromatic N) is 2. The van der Waals surface area contributed by atoms with E-state index in [1.807, 2.05) is 0 Å². The van der Waals surface area contributed by atoms with Gasteiger partial charge in [0.1, 0.15) is 17.7 Å². The van der Waals surface area contributed by atoms with E-state index in [4.69, 9.17) is 0 Å². The monoisotopic (exact) mass is 232 g/mol. The number of aryl methyl sites for hydroxylation is 2. The Kier molecular flexibility index (Phi) is 3.15. The Hall–Kier alpha value is -1.81. The van der Waals surface area contributed by atoms with E-state index in [1.54, 1.807) is 38.2 Å². The number of rotatable bonds is 2. The molecule has 4 heteroatoms. The summed E-state index contributed by atoms with van der Waals surface area (Å²) in [5.41, 5.74) is 1.52. The summed E-state index contributed by atoms with van der Waals surface area (Å²) in [7, 11) is 0. The van der Waals surface area contributed by atoms with Crippen molar-refractivity contribution in [2.45, 2.75) is 20.0 Å². The van der Waals surface area contributed by atoms with E-state index in [0.29, 0.717) is 22.6 Å². The Morgan fingerprint density at radius 2 is 2.00 bits per heavy atom. The highest BCUT2D eigenvalue weighted by Gasteiger charge is 2.13. The van der Waals surface area contributed by atoms with Crippen LogP contribution in [0.15, 0.2) is 30.5 Å². The maximum absolute atomic E-state index is 13.4. The molecule has 17 heavy (non-hydrogen) atoms. The first kappa shape index (κ1) is 11.7. The summed E-state index contributed by atoms with van der Waals surface area (Å²) in [5, 5.41) is 10.1. The minimum atomic E-state index is -0.924. The molecule has 3 nitrogen and oxygen atoms in total. The fraction of sp³-hybridized carbons (Fsp3) is 0.231. The van der Waals surface area contributed by atoms with Crippen LogP contribution in [0.25, 0.3) is 0 Å². The summed E-state index contributed by atoms with van der Waals surface area (Å²) < 4.78 is 13.4. The Labute approximate surface area is 99.0 Å². The van der Waals surface area contributed by atoms with Crippen LogP contribution in [0.2, 0.25) is 0 Å². The lowest BCUT2D eigenvalue weighted by atomic mass is 10.0. The number of aromatic nitrogens is 2. The number of hydrogen-bond donors (Lipinski definition) is 1. The molecule has 0 spiro atoms. The third-order valence-corrected chi connectivity index (χ3v) is 2.59. The third-order valence-electron chi connectivity index (χ3n) is 2.59. The van der Waals surface area contributed by atoms with Gasteiger partial charge in [-0.15, -0.1) is 0 Å². The molecule has 0 aliphatic carbocycles. The van der Waals surface area contributed by atoms with Crippen LogP contribution in [0, 0.1) is 19.7 Å². The highest BCUT2D eigenvalue weighted by Crippen LogP contribution is 2.21. The molecular formula is C13H13FN2O. The molecule has 1 N–H and O–H groups in total. The van der Waals surface area contributed by atoms with Crippen LogP contribution in [0.4, 0.5) is 4.39 Å². The van der Waals surface area contributed by atoms with Crippen LogP contribution in [0.5, 0.6) is 0 Å². The molecule has 2 rings (SSSR count). The van der Waals surface area contributed by atoms with Crippen molar-refractivity contribution >= 4 is 0 Å². The second-order valence-corrected chi connectivity index (χ2v) is 3.94. The molecule has 88 valence electrons.